The molecule has 40 heavy (non-hydrogen) atoms. The number of benzene rings is 2. The quantitative estimate of drug-likeness (QED) is 0.329. The molecule has 2 N–H and O–H groups in total. The van der Waals surface area contributed by atoms with Gasteiger partial charge in [-0.1, -0.05) is 75.7 Å². The molecular formula is C33H49N3O4. The Morgan fingerprint density at radius 2 is 1.55 bits per heavy atom. The molecule has 7 nitrogen and oxygen atoms in total. The van der Waals surface area contributed by atoms with Gasteiger partial charge in [0.15, 0.2) is 0 Å². The Labute approximate surface area is 241 Å². The van der Waals surface area contributed by atoms with Gasteiger partial charge < -0.3 is 20.3 Å². The van der Waals surface area contributed by atoms with E-state index in [1.54, 1.807) is 25.7 Å². The molecule has 3 amide bonds. The Morgan fingerprint density at radius 1 is 0.925 bits per heavy atom. The molecule has 0 saturated heterocycles. The third-order valence-electron chi connectivity index (χ3n) is 7.57. The first-order valence-electron chi connectivity index (χ1n) is 14.3. The van der Waals surface area contributed by atoms with Crippen LogP contribution in [0.3, 0.4) is 0 Å². The molecule has 0 radical (unpaired) electrons. The van der Waals surface area contributed by atoms with Crippen LogP contribution in [-0.2, 0) is 20.9 Å². The summed E-state index contributed by atoms with van der Waals surface area (Å²) < 4.78 is 5.51. The van der Waals surface area contributed by atoms with Gasteiger partial charge in [-0.15, -0.1) is 0 Å². The highest BCUT2D eigenvalue weighted by Gasteiger charge is 2.44. The summed E-state index contributed by atoms with van der Waals surface area (Å²) in [5.41, 5.74) is 2.41. The third kappa shape index (κ3) is 8.83. The zero-order valence-electron chi connectivity index (χ0n) is 26.1. The number of carbonyl (C=O) groups excluding carboxylic acids is 3. The molecule has 0 fully saturated rings. The Kier molecular flexibility index (Phi) is 11.4. The van der Waals surface area contributed by atoms with E-state index in [1.165, 1.54) is 0 Å². The van der Waals surface area contributed by atoms with Crippen molar-refractivity contribution in [3.8, 4) is 0 Å². The molecule has 0 aliphatic heterocycles. The third-order valence-corrected chi connectivity index (χ3v) is 7.57. The van der Waals surface area contributed by atoms with E-state index in [9.17, 15) is 14.4 Å². The van der Waals surface area contributed by atoms with Gasteiger partial charge in [0, 0.05) is 12.1 Å². The van der Waals surface area contributed by atoms with E-state index in [1.807, 2.05) is 97.0 Å². The first-order valence-corrected chi connectivity index (χ1v) is 14.3. The number of carbonyl (C=O) groups is 3. The molecule has 2 aromatic carbocycles. The van der Waals surface area contributed by atoms with Gasteiger partial charge in [0.25, 0.3) is 0 Å². The van der Waals surface area contributed by atoms with Crippen LogP contribution < -0.4 is 10.6 Å². The van der Waals surface area contributed by atoms with Crippen molar-refractivity contribution in [2.45, 2.75) is 112 Å². The summed E-state index contributed by atoms with van der Waals surface area (Å²) in [6.45, 7) is 19.5. The average Bonchev–Trinajstić information content (AvgIpc) is 2.89. The van der Waals surface area contributed by atoms with Crippen LogP contribution in [0.25, 0.3) is 0 Å². The number of ether oxygens (including phenoxy) is 1. The van der Waals surface area contributed by atoms with Gasteiger partial charge in [-0.3, -0.25) is 9.59 Å². The fourth-order valence-corrected chi connectivity index (χ4v) is 4.45. The number of aryl methyl sites for hydroxylation is 2. The van der Waals surface area contributed by atoms with Gasteiger partial charge >= 0.3 is 6.09 Å². The maximum absolute atomic E-state index is 14.6. The van der Waals surface area contributed by atoms with Crippen LogP contribution in [-0.4, -0.2) is 40.0 Å². The first-order chi connectivity index (χ1) is 18.6. The standard InChI is InChI=1S/C33H49N3O4/c1-11-22(3)27(35-31(39)40-32(6,7)8)30(38)36(33(9,10)12-2)28(26-19-18-23(4)24(5)20-26)29(37)34-21-25-16-14-13-15-17-25/h13-20,22,27-28H,11-12,21H2,1-10H3,(H,34,37)(H,35,39). The van der Waals surface area contributed by atoms with Gasteiger partial charge in [0.1, 0.15) is 17.7 Å². The number of alkyl carbamates (subject to hydrolysis) is 1. The number of amides is 3. The van der Waals surface area contributed by atoms with Crippen molar-refractivity contribution < 1.29 is 19.1 Å². The molecule has 2 rings (SSSR count). The summed E-state index contributed by atoms with van der Waals surface area (Å²) in [6.07, 6.45) is 0.601. The predicted octanol–water partition coefficient (Wildman–Crippen LogP) is 6.62. The highest BCUT2D eigenvalue weighted by molar-refractivity contribution is 5.93. The van der Waals surface area contributed by atoms with Crippen LogP contribution in [0, 0.1) is 19.8 Å². The van der Waals surface area contributed by atoms with Crippen LogP contribution in [0.2, 0.25) is 0 Å². The van der Waals surface area contributed by atoms with Gasteiger partial charge in [-0.2, -0.15) is 0 Å². The molecule has 0 heterocycles. The van der Waals surface area contributed by atoms with E-state index in [4.69, 9.17) is 4.74 Å². The van der Waals surface area contributed by atoms with Crippen molar-refractivity contribution in [1.29, 1.82) is 0 Å². The molecule has 0 aromatic heterocycles. The van der Waals surface area contributed by atoms with E-state index in [-0.39, 0.29) is 17.7 Å². The summed E-state index contributed by atoms with van der Waals surface area (Å²) in [6, 6.07) is 13.8. The molecule has 3 unspecified atom stereocenters. The van der Waals surface area contributed by atoms with Crippen molar-refractivity contribution in [1.82, 2.24) is 15.5 Å². The van der Waals surface area contributed by atoms with Crippen LogP contribution in [0.5, 0.6) is 0 Å². The van der Waals surface area contributed by atoms with Crippen LogP contribution >= 0.6 is 0 Å². The Balaban J connectivity index is 2.62. The van der Waals surface area contributed by atoms with Gasteiger partial charge in [-0.25, -0.2) is 4.79 Å². The molecular weight excluding hydrogens is 502 g/mol. The molecule has 0 aliphatic carbocycles. The maximum Gasteiger partial charge on any atom is 0.408 e. The van der Waals surface area contributed by atoms with Crippen LogP contribution in [0.4, 0.5) is 4.79 Å². The zero-order valence-corrected chi connectivity index (χ0v) is 26.1. The summed E-state index contributed by atoms with van der Waals surface area (Å²) in [4.78, 5) is 43.2. The average molecular weight is 552 g/mol. The van der Waals surface area contributed by atoms with E-state index in [0.29, 0.717) is 19.4 Å². The van der Waals surface area contributed by atoms with E-state index < -0.39 is 29.3 Å². The monoisotopic (exact) mass is 551 g/mol. The van der Waals surface area contributed by atoms with Crippen molar-refractivity contribution >= 4 is 17.9 Å². The van der Waals surface area contributed by atoms with Crippen molar-refractivity contribution in [3.63, 3.8) is 0 Å². The molecule has 3 atom stereocenters. The molecule has 0 saturated carbocycles. The highest BCUT2D eigenvalue weighted by Crippen LogP contribution is 2.34. The minimum absolute atomic E-state index is 0.192. The number of nitrogens with one attached hydrogen (secondary N) is 2. The number of nitrogens with zero attached hydrogens (tertiary/aromatic N) is 1. The van der Waals surface area contributed by atoms with Crippen molar-refractivity contribution in [3.05, 3.63) is 70.8 Å². The SMILES string of the molecule is CCC(C)C(NC(=O)OC(C)(C)C)C(=O)N(C(C(=O)NCc1ccccc1)c1ccc(C)c(C)c1)C(C)(C)CC. The lowest BCUT2D eigenvalue weighted by atomic mass is 9.88. The second kappa shape index (κ2) is 13.8. The van der Waals surface area contributed by atoms with Crippen LogP contribution in [0.1, 0.15) is 96.5 Å². The lowest BCUT2D eigenvalue weighted by Gasteiger charge is -2.45. The summed E-state index contributed by atoms with van der Waals surface area (Å²) in [7, 11) is 0. The molecule has 220 valence electrons. The van der Waals surface area contributed by atoms with Gasteiger partial charge in [-0.05, 0) is 83.1 Å². The smallest absolute Gasteiger partial charge is 0.408 e. The summed E-state index contributed by atoms with van der Waals surface area (Å²) in [5.74, 6) is -0.782. The molecule has 2 aromatic rings. The largest absolute Gasteiger partial charge is 0.444 e. The normalized spacial score (nSPS) is 14.1. The predicted molar refractivity (Wildman–Crippen MR) is 161 cm³/mol. The Morgan fingerprint density at radius 3 is 2.08 bits per heavy atom. The molecule has 0 bridgehead atoms. The molecule has 7 heteroatoms. The Hall–Kier alpha value is -3.35. The van der Waals surface area contributed by atoms with Crippen molar-refractivity contribution in [2.75, 3.05) is 0 Å². The van der Waals surface area contributed by atoms with E-state index in [0.717, 1.165) is 22.3 Å². The first kappa shape index (κ1) is 32.9. The minimum atomic E-state index is -0.905. The second-order valence-corrected chi connectivity index (χ2v) is 12.3. The molecule has 0 spiro atoms. The topological polar surface area (TPSA) is 87.7 Å². The number of hydrogen-bond donors (Lipinski definition) is 2. The minimum Gasteiger partial charge on any atom is -0.444 e. The van der Waals surface area contributed by atoms with E-state index in [2.05, 4.69) is 10.6 Å². The van der Waals surface area contributed by atoms with Gasteiger partial charge in [0.05, 0.1) is 0 Å². The second-order valence-electron chi connectivity index (χ2n) is 12.3. The zero-order chi connectivity index (χ0) is 30.3. The highest BCUT2D eigenvalue weighted by atomic mass is 16.6. The lowest BCUT2D eigenvalue weighted by molar-refractivity contribution is -0.150. The maximum atomic E-state index is 14.6. The fraction of sp³-hybridized carbons (Fsp3) is 0.545. The lowest BCUT2D eigenvalue weighted by Crippen LogP contribution is -2.60. The molecule has 0 aliphatic rings. The fourth-order valence-electron chi connectivity index (χ4n) is 4.45. The van der Waals surface area contributed by atoms with Crippen molar-refractivity contribution in [2.24, 2.45) is 5.92 Å². The number of rotatable bonds is 11. The van der Waals surface area contributed by atoms with E-state index >= 15 is 0 Å². The van der Waals surface area contributed by atoms with Crippen LogP contribution in [0.15, 0.2) is 48.5 Å². The van der Waals surface area contributed by atoms with Gasteiger partial charge in [0.2, 0.25) is 11.8 Å². The summed E-state index contributed by atoms with van der Waals surface area (Å²) in [5, 5.41) is 5.91. The summed E-state index contributed by atoms with van der Waals surface area (Å²) >= 11 is 0. The Bertz CT molecular complexity index is 1150. The number of hydrogen-bond acceptors (Lipinski definition) is 4.